The van der Waals surface area contributed by atoms with Crippen LogP contribution in [-0.2, 0) is 0 Å². The molecule has 0 spiro atoms. The van der Waals surface area contributed by atoms with E-state index in [0.717, 1.165) is 15.6 Å². The van der Waals surface area contributed by atoms with E-state index in [0.29, 0.717) is 23.7 Å². The van der Waals surface area contributed by atoms with Crippen molar-refractivity contribution in [3.63, 3.8) is 0 Å². The second-order valence-corrected chi connectivity index (χ2v) is 6.00. The Morgan fingerprint density at radius 3 is 2.71 bits per heavy atom. The molecule has 5 nitrogen and oxygen atoms in total. The molecule has 2 aromatic rings. The monoisotopic (exact) mass is 323 g/mol. The molecule has 0 fully saturated rings. The number of rotatable bonds is 7. The van der Waals surface area contributed by atoms with Gasteiger partial charge in [0, 0.05) is 6.54 Å². The molecule has 0 bridgehead atoms. The number of thiophene rings is 1. The number of carbonyl (C=O) groups excluding carboxylic acids is 1. The average Bonchev–Trinajstić information content (AvgIpc) is 2.81. The Bertz CT molecular complexity index is 614. The molecule has 0 unspecified atom stereocenters. The zero-order chi connectivity index (χ0) is 15.2. The van der Waals surface area contributed by atoms with Crippen LogP contribution in [-0.4, -0.2) is 25.3 Å². The Morgan fingerprint density at radius 1 is 1.38 bits per heavy atom. The molecular weight excluding hydrogens is 306 g/mol. The number of hydrogen-bond acceptors (Lipinski definition) is 6. The summed E-state index contributed by atoms with van der Waals surface area (Å²) in [4.78, 5) is 12.6. The molecule has 1 aromatic heterocycles. The fraction of sp³-hybridized carbons (Fsp3) is 0.214. The predicted octanol–water partition coefficient (Wildman–Crippen LogP) is 2.64. The number of primary amides is 1. The highest BCUT2D eigenvalue weighted by Gasteiger charge is 2.18. The van der Waals surface area contributed by atoms with E-state index in [1.165, 1.54) is 23.1 Å². The summed E-state index contributed by atoms with van der Waals surface area (Å²) in [6.07, 6.45) is 1.91. The van der Waals surface area contributed by atoms with Gasteiger partial charge >= 0.3 is 0 Å². The number of nitrogens with one attached hydrogen (secondary N) is 1. The minimum absolute atomic E-state index is 0.394. The zero-order valence-corrected chi connectivity index (χ0v) is 13.2. The normalized spacial score (nSPS) is 10.3. The maximum atomic E-state index is 11.3. The summed E-state index contributed by atoms with van der Waals surface area (Å²) in [5.74, 6) is 0.328. The molecular formula is C14H17N3O2S2. The van der Waals surface area contributed by atoms with Crippen LogP contribution < -0.4 is 21.5 Å². The molecule has 0 aliphatic rings. The van der Waals surface area contributed by atoms with Crippen LogP contribution in [0.5, 0.6) is 5.75 Å². The van der Waals surface area contributed by atoms with E-state index >= 15 is 0 Å². The topological polar surface area (TPSA) is 90.4 Å². The predicted molar refractivity (Wildman–Crippen MR) is 89.5 cm³/mol. The van der Waals surface area contributed by atoms with Gasteiger partial charge in [-0.25, -0.2) is 0 Å². The Morgan fingerprint density at radius 2 is 2.10 bits per heavy atom. The summed E-state index contributed by atoms with van der Waals surface area (Å²) >= 11 is 2.77. The quantitative estimate of drug-likeness (QED) is 0.538. The lowest BCUT2D eigenvalue weighted by Crippen LogP contribution is -2.11. The number of nitrogen functional groups attached to an aromatic ring is 1. The Kier molecular flexibility index (Phi) is 5.35. The SMILES string of the molecule is CSc1c(NCCOc2ccccc2)sc(C(N)=O)c1N. The smallest absolute Gasteiger partial charge is 0.261 e. The van der Waals surface area contributed by atoms with Crippen molar-refractivity contribution in [3.8, 4) is 5.75 Å². The lowest BCUT2D eigenvalue weighted by atomic mass is 10.3. The number of benzene rings is 1. The standard InChI is InChI=1S/C14H17N3O2S2/c1-20-12-10(15)11(13(16)18)21-14(12)17-7-8-19-9-5-3-2-4-6-9/h2-6,17H,7-8,15H2,1H3,(H2,16,18). The van der Waals surface area contributed by atoms with Gasteiger partial charge in [-0.3, -0.25) is 4.79 Å². The molecule has 7 heteroatoms. The third-order valence-corrected chi connectivity index (χ3v) is 4.87. The van der Waals surface area contributed by atoms with Crippen molar-refractivity contribution in [3.05, 3.63) is 35.2 Å². The van der Waals surface area contributed by atoms with Gasteiger partial charge in [0.1, 0.15) is 22.2 Å². The molecule has 0 saturated heterocycles. The van der Waals surface area contributed by atoms with Crippen molar-refractivity contribution in [1.29, 1.82) is 0 Å². The number of carbonyl (C=O) groups is 1. The van der Waals surface area contributed by atoms with Crippen molar-refractivity contribution in [1.82, 2.24) is 0 Å². The third kappa shape index (κ3) is 3.83. The number of para-hydroxylation sites is 1. The van der Waals surface area contributed by atoms with Crippen molar-refractivity contribution in [2.24, 2.45) is 5.73 Å². The zero-order valence-electron chi connectivity index (χ0n) is 11.6. The number of thioether (sulfide) groups is 1. The van der Waals surface area contributed by atoms with Crippen molar-refractivity contribution in [2.45, 2.75) is 4.90 Å². The fourth-order valence-corrected chi connectivity index (χ4v) is 3.69. The highest BCUT2D eigenvalue weighted by atomic mass is 32.2. The Balaban J connectivity index is 1.94. The summed E-state index contributed by atoms with van der Waals surface area (Å²) in [6, 6.07) is 9.60. The highest BCUT2D eigenvalue weighted by Crippen LogP contribution is 2.41. The van der Waals surface area contributed by atoms with Crippen LogP contribution in [0.2, 0.25) is 0 Å². The van der Waals surface area contributed by atoms with Crippen LogP contribution in [0.15, 0.2) is 35.2 Å². The lowest BCUT2D eigenvalue weighted by Gasteiger charge is -2.08. The number of hydrogen-bond donors (Lipinski definition) is 3. The number of nitrogens with two attached hydrogens (primary N) is 2. The van der Waals surface area contributed by atoms with E-state index in [9.17, 15) is 4.79 Å². The molecule has 0 saturated carbocycles. The van der Waals surface area contributed by atoms with Crippen molar-refractivity contribution in [2.75, 3.05) is 30.5 Å². The van der Waals surface area contributed by atoms with Crippen LogP contribution >= 0.6 is 23.1 Å². The minimum Gasteiger partial charge on any atom is -0.492 e. The maximum absolute atomic E-state index is 11.3. The summed E-state index contributed by atoms with van der Waals surface area (Å²) in [5, 5.41) is 4.09. The summed E-state index contributed by atoms with van der Waals surface area (Å²) in [6.45, 7) is 1.13. The molecule has 0 atom stereocenters. The van der Waals surface area contributed by atoms with Crippen LogP contribution in [0.1, 0.15) is 9.67 Å². The number of anilines is 2. The van der Waals surface area contributed by atoms with Gasteiger partial charge < -0.3 is 21.5 Å². The van der Waals surface area contributed by atoms with Gasteiger partial charge in [0.15, 0.2) is 0 Å². The molecule has 112 valence electrons. The number of ether oxygens (including phenoxy) is 1. The second-order valence-electron chi connectivity index (χ2n) is 4.16. The lowest BCUT2D eigenvalue weighted by molar-refractivity contribution is 0.100. The molecule has 1 aromatic carbocycles. The first-order chi connectivity index (χ1) is 10.1. The molecule has 0 aliphatic carbocycles. The first kappa shape index (κ1) is 15.5. The fourth-order valence-electron chi connectivity index (χ4n) is 1.78. The third-order valence-electron chi connectivity index (χ3n) is 2.73. The summed E-state index contributed by atoms with van der Waals surface area (Å²) in [7, 11) is 0. The van der Waals surface area contributed by atoms with Gasteiger partial charge in [-0.2, -0.15) is 0 Å². The highest BCUT2D eigenvalue weighted by molar-refractivity contribution is 7.99. The van der Waals surface area contributed by atoms with Crippen LogP contribution in [0.4, 0.5) is 10.7 Å². The molecule has 0 radical (unpaired) electrons. The summed E-state index contributed by atoms with van der Waals surface area (Å²) < 4.78 is 5.60. The Labute approximate surface area is 131 Å². The van der Waals surface area contributed by atoms with E-state index in [4.69, 9.17) is 16.2 Å². The first-order valence-corrected chi connectivity index (χ1v) is 8.35. The molecule has 21 heavy (non-hydrogen) atoms. The van der Waals surface area contributed by atoms with Gasteiger partial charge in [0.2, 0.25) is 0 Å². The molecule has 1 heterocycles. The molecule has 1 amide bonds. The van der Waals surface area contributed by atoms with Gasteiger partial charge in [-0.15, -0.1) is 23.1 Å². The first-order valence-electron chi connectivity index (χ1n) is 6.31. The van der Waals surface area contributed by atoms with Crippen molar-refractivity contribution >= 4 is 39.7 Å². The van der Waals surface area contributed by atoms with Crippen LogP contribution in [0.25, 0.3) is 0 Å². The average molecular weight is 323 g/mol. The van der Waals surface area contributed by atoms with Gasteiger partial charge in [-0.05, 0) is 18.4 Å². The van der Waals surface area contributed by atoms with E-state index < -0.39 is 5.91 Å². The summed E-state index contributed by atoms with van der Waals surface area (Å²) in [5.41, 5.74) is 11.7. The van der Waals surface area contributed by atoms with Crippen molar-refractivity contribution < 1.29 is 9.53 Å². The van der Waals surface area contributed by atoms with E-state index in [-0.39, 0.29) is 0 Å². The molecule has 2 rings (SSSR count). The van der Waals surface area contributed by atoms with Gasteiger partial charge in [0.05, 0.1) is 10.6 Å². The minimum atomic E-state index is -0.499. The number of amides is 1. The van der Waals surface area contributed by atoms with Gasteiger partial charge in [-0.1, -0.05) is 18.2 Å². The largest absolute Gasteiger partial charge is 0.492 e. The van der Waals surface area contributed by atoms with E-state index in [1.807, 2.05) is 36.6 Å². The second kappa shape index (κ2) is 7.24. The molecule has 5 N–H and O–H groups in total. The van der Waals surface area contributed by atoms with E-state index in [2.05, 4.69) is 5.32 Å². The Hall–Kier alpha value is -1.86. The van der Waals surface area contributed by atoms with Crippen LogP contribution in [0.3, 0.4) is 0 Å². The van der Waals surface area contributed by atoms with E-state index in [1.54, 1.807) is 0 Å². The van der Waals surface area contributed by atoms with Gasteiger partial charge in [0.25, 0.3) is 5.91 Å². The van der Waals surface area contributed by atoms with Crippen LogP contribution in [0, 0.1) is 0 Å². The molecule has 0 aliphatic heterocycles. The maximum Gasteiger partial charge on any atom is 0.261 e.